The number of sulfonamides is 1. The molecule has 0 fully saturated rings. The lowest BCUT2D eigenvalue weighted by atomic mass is 9.86. The van der Waals surface area contributed by atoms with Crippen LogP contribution in [0.1, 0.15) is 44.7 Å². The first-order chi connectivity index (χ1) is 14.9. The van der Waals surface area contributed by atoms with Crippen LogP contribution in [0.5, 0.6) is 5.75 Å². The molecule has 0 radical (unpaired) electrons. The number of halogens is 1. The second kappa shape index (κ2) is 11.1. The minimum atomic E-state index is -3.50. The highest BCUT2D eigenvalue weighted by Crippen LogP contribution is 2.31. The fraction of sp³-hybridized carbons (Fsp3) is 0.458. The van der Waals surface area contributed by atoms with Crippen LogP contribution < -0.4 is 14.4 Å². The van der Waals surface area contributed by atoms with E-state index in [1.165, 1.54) is 4.31 Å². The second-order valence-electron chi connectivity index (χ2n) is 8.77. The fourth-order valence-electron chi connectivity index (χ4n) is 3.37. The molecule has 0 saturated carbocycles. The van der Waals surface area contributed by atoms with Crippen molar-refractivity contribution in [3.8, 4) is 5.75 Å². The van der Waals surface area contributed by atoms with Gasteiger partial charge in [-0.3, -0.25) is 9.10 Å². The normalized spacial score (nSPS) is 11.8. The molecule has 0 saturated heterocycles. The zero-order chi connectivity index (χ0) is 23.9. The molecule has 1 amide bonds. The maximum absolute atomic E-state index is 12.3. The van der Waals surface area contributed by atoms with Crippen LogP contribution in [0.25, 0.3) is 0 Å². The Hall–Kier alpha value is -2.25. The molecule has 0 bridgehead atoms. The number of carbonyl (C=O) groups excluding carboxylic acids is 1. The fourth-order valence-corrected chi connectivity index (χ4v) is 4.55. The Kier molecular flexibility index (Phi) is 8.98. The summed E-state index contributed by atoms with van der Waals surface area (Å²) in [4.78, 5) is 12.2. The Morgan fingerprint density at radius 2 is 1.81 bits per heavy atom. The summed E-state index contributed by atoms with van der Waals surface area (Å²) in [7, 11) is -3.50. The summed E-state index contributed by atoms with van der Waals surface area (Å²) < 4.78 is 31.7. The molecule has 0 atom stereocenters. The molecule has 1 N–H and O–H groups in total. The Morgan fingerprint density at radius 1 is 1.12 bits per heavy atom. The molecular formula is C24H33ClN2O4S. The molecule has 0 aliphatic carbocycles. The first-order valence-electron chi connectivity index (χ1n) is 10.6. The van der Waals surface area contributed by atoms with Gasteiger partial charge in [-0.05, 0) is 48.1 Å². The summed E-state index contributed by atoms with van der Waals surface area (Å²) >= 11 is 6.14. The van der Waals surface area contributed by atoms with Crippen LogP contribution in [0.15, 0.2) is 42.5 Å². The Morgan fingerprint density at radius 3 is 2.47 bits per heavy atom. The molecule has 2 aromatic carbocycles. The van der Waals surface area contributed by atoms with Crippen molar-refractivity contribution in [3.05, 3.63) is 58.6 Å². The van der Waals surface area contributed by atoms with Gasteiger partial charge in [-0.2, -0.15) is 0 Å². The number of carbonyl (C=O) groups is 1. The summed E-state index contributed by atoms with van der Waals surface area (Å²) in [5, 5.41) is 3.33. The SMILES string of the molecule is Cc1c(Cl)cccc1N(CCCC(=O)NCCOc1ccccc1C(C)(C)C)S(C)(=O)=O. The average molecular weight is 481 g/mol. The van der Waals surface area contributed by atoms with Gasteiger partial charge in [-0.25, -0.2) is 8.42 Å². The second-order valence-corrected chi connectivity index (χ2v) is 11.1. The zero-order valence-corrected chi connectivity index (χ0v) is 21.0. The van der Waals surface area contributed by atoms with Crippen molar-refractivity contribution in [2.75, 3.05) is 30.3 Å². The number of nitrogens with zero attached hydrogens (tertiary/aromatic N) is 1. The van der Waals surface area contributed by atoms with Crippen molar-refractivity contribution in [3.63, 3.8) is 0 Å². The molecule has 2 rings (SSSR count). The lowest BCUT2D eigenvalue weighted by molar-refractivity contribution is -0.121. The van der Waals surface area contributed by atoms with E-state index in [9.17, 15) is 13.2 Å². The predicted octanol–water partition coefficient (Wildman–Crippen LogP) is 4.69. The van der Waals surface area contributed by atoms with Crippen molar-refractivity contribution in [2.45, 2.75) is 46.0 Å². The smallest absolute Gasteiger partial charge is 0.232 e. The van der Waals surface area contributed by atoms with Gasteiger partial charge >= 0.3 is 0 Å². The molecule has 0 heterocycles. The first kappa shape index (κ1) is 26.0. The van der Waals surface area contributed by atoms with Crippen LogP contribution in [0, 0.1) is 6.92 Å². The Balaban J connectivity index is 1.84. The third-order valence-electron chi connectivity index (χ3n) is 5.05. The van der Waals surface area contributed by atoms with Crippen LogP contribution in [0.4, 0.5) is 5.69 Å². The number of ether oxygens (including phenoxy) is 1. The van der Waals surface area contributed by atoms with E-state index in [0.29, 0.717) is 35.8 Å². The lowest BCUT2D eigenvalue weighted by Gasteiger charge is -2.24. The van der Waals surface area contributed by atoms with Crippen molar-refractivity contribution in [1.29, 1.82) is 0 Å². The number of benzene rings is 2. The molecule has 176 valence electrons. The van der Waals surface area contributed by atoms with Crippen LogP contribution in [-0.4, -0.2) is 40.3 Å². The minimum absolute atomic E-state index is 0.0351. The number of hydrogen-bond donors (Lipinski definition) is 1. The van der Waals surface area contributed by atoms with Crippen molar-refractivity contribution in [1.82, 2.24) is 5.32 Å². The molecule has 8 heteroatoms. The van der Waals surface area contributed by atoms with E-state index in [4.69, 9.17) is 16.3 Å². The maximum Gasteiger partial charge on any atom is 0.232 e. The number of anilines is 1. The number of hydrogen-bond acceptors (Lipinski definition) is 4. The molecular weight excluding hydrogens is 448 g/mol. The first-order valence-corrected chi connectivity index (χ1v) is 12.9. The van der Waals surface area contributed by atoms with Crippen molar-refractivity contribution < 1.29 is 17.9 Å². The van der Waals surface area contributed by atoms with E-state index in [2.05, 4.69) is 26.1 Å². The Bertz CT molecular complexity index is 1030. The van der Waals surface area contributed by atoms with E-state index in [1.54, 1.807) is 25.1 Å². The third kappa shape index (κ3) is 7.41. The van der Waals surface area contributed by atoms with Gasteiger partial charge in [-0.15, -0.1) is 0 Å². The van der Waals surface area contributed by atoms with E-state index >= 15 is 0 Å². The lowest BCUT2D eigenvalue weighted by Crippen LogP contribution is -2.33. The van der Waals surface area contributed by atoms with Crippen LogP contribution in [0.3, 0.4) is 0 Å². The van der Waals surface area contributed by atoms with Gasteiger partial charge in [0.05, 0.1) is 18.5 Å². The summed E-state index contributed by atoms with van der Waals surface area (Å²) in [6, 6.07) is 13.0. The highest BCUT2D eigenvalue weighted by molar-refractivity contribution is 7.92. The molecule has 2 aromatic rings. The quantitative estimate of drug-likeness (QED) is 0.500. The van der Waals surface area contributed by atoms with E-state index in [0.717, 1.165) is 17.6 Å². The summed E-state index contributed by atoms with van der Waals surface area (Å²) in [6.07, 6.45) is 1.75. The largest absolute Gasteiger partial charge is 0.491 e. The van der Waals surface area contributed by atoms with Gasteiger partial charge in [0.2, 0.25) is 15.9 Å². The minimum Gasteiger partial charge on any atom is -0.491 e. The van der Waals surface area contributed by atoms with Gasteiger partial charge in [-0.1, -0.05) is 56.6 Å². The van der Waals surface area contributed by atoms with Gasteiger partial charge in [0.15, 0.2) is 0 Å². The number of amides is 1. The molecule has 0 aromatic heterocycles. The molecule has 0 unspecified atom stereocenters. The predicted molar refractivity (Wildman–Crippen MR) is 131 cm³/mol. The van der Waals surface area contributed by atoms with E-state index < -0.39 is 10.0 Å². The van der Waals surface area contributed by atoms with Gasteiger partial charge in [0, 0.05) is 18.0 Å². The zero-order valence-electron chi connectivity index (χ0n) is 19.4. The monoisotopic (exact) mass is 480 g/mol. The molecule has 6 nitrogen and oxygen atoms in total. The highest BCUT2D eigenvalue weighted by atomic mass is 35.5. The van der Waals surface area contributed by atoms with Crippen molar-refractivity contribution in [2.24, 2.45) is 0 Å². The molecule has 0 aliphatic rings. The van der Waals surface area contributed by atoms with E-state index in [-0.39, 0.29) is 24.3 Å². The maximum atomic E-state index is 12.3. The molecule has 32 heavy (non-hydrogen) atoms. The number of para-hydroxylation sites is 1. The van der Waals surface area contributed by atoms with Gasteiger partial charge in [0.25, 0.3) is 0 Å². The third-order valence-corrected chi connectivity index (χ3v) is 6.64. The van der Waals surface area contributed by atoms with Crippen LogP contribution >= 0.6 is 11.6 Å². The Labute approximate surface area is 197 Å². The van der Waals surface area contributed by atoms with Gasteiger partial charge < -0.3 is 10.1 Å². The summed E-state index contributed by atoms with van der Waals surface area (Å²) in [6.45, 7) is 9.09. The highest BCUT2D eigenvalue weighted by Gasteiger charge is 2.20. The average Bonchev–Trinajstić information content (AvgIpc) is 2.70. The molecule has 0 spiro atoms. The topological polar surface area (TPSA) is 75.7 Å². The number of rotatable bonds is 10. The van der Waals surface area contributed by atoms with E-state index in [1.807, 2.05) is 24.3 Å². The summed E-state index contributed by atoms with van der Waals surface area (Å²) in [5.74, 6) is 0.670. The molecule has 0 aliphatic heterocycles. The van der Waals surface area contributed by atoms with Crippen LogP contribution in [0.2, 0.25) is 5.02 Å². The van der Waals surface area contributed by atoms with Gasteiger partial charge in [0.1, 0.15) is 12.4 Å². The van der Waals surface area contributed by atoms with Crippen LogP contribution in [-0.2, 0) is 20.2 Å². The summed E-state index contributed by atoms with van der Waals surface area (Å²) in [5.41, 5.74) is 2.30. The standard InChI is InChI=1S/C24H33ClN2O4S/c1-18-20(25)11-8-12-21(18)27(32(5,29)30)16-9-14-23(28)26-15-17-31-22-13-7-6-10-19(22)24(2,3)4/h6-8,10-13H,9,14-17H2,1-5H3,(H,26,28). The van der Waals surface area contributed by atoms with Crippen molar-refractivity contribution >= 4 is 33.2 Å². The number of nitrogens with one attached hydrogen (secondary N) is 1.